The molecule has 0 saturated carbocycles. The van der Waals surface area contributed by atoms with Gasteiger partial charge in [0.25, 0.3) is 0 Å². The fourth-order valence-electron chi connectivity index (χ4n) is 4.86. The number of benzene rings is 1. The largest absolute Gasteiger partial charge is 0.507 e. The van der Waals surface area contributed by atoms with Crippen LogP contribution in [-0.4, -0.2) is 23.8 Å². The van der Waals surface area contributed by atoms with Crippen molar-refractivity contribution in [2.75, 3.05) is 6.61 Å². The van der Waals surface area contributed by atoms with Gasteiger partial charge in [-0.05, 0) is 63.1 Å². The molecule has 1 N–H and O–H groups in total. The lowest BCUT2D eigenvalue weighted by Crippen LogP contribution is -2.26. The van der Waals surface area contributed by atoms with E-state index in [2.05, 4.69) is 26.5 Å². The maximum atomic E-state index is 13.0. The third-order valence-electron chi connectivity index (χ3n) is 6.99. The van der Waals surface area contributed by atoms with Gasteiger partial charge in [0.15, 0.2) is 0 Å². The number of aryl methyl sites for hydroxylation is 1. The van der Waals surface area contributed by atoms with Gasteiger partial charge in [-0.2, -0.15) is 0 Å². The van der Waals surface area contributed by atoms with E-state index < -0.39 is 0 Å². The number of rotatable bonds is 10. The van der Waals surface area contributed by atoms with Crippen LogP contribution in [0.1, 0.15) is 90.2 Å². The minimum Gasteiger partial charge on any atom is -0.507 e. The molecule has 1 unspecified atom stereocenters. The number of allylic oxidation sites excluding steroid dienone is 3. The third kappa shape index (κ3) is 6.04. The van der Waals surface area contributed by atoms with Gasteiger partial charge in [-0.3, -0.25) is 4.79 Å². The van der Waals surface area contributed by atoms with Crippen molar-refractivity contribution in [3.05, 3.63) is 47.1 Å². The Kier molecular flexibility index (Phi) is 7.87. The smallest absolute Gasteiger partial charge is 0.311 e. The first-order valence-corrected chi connectivity index (χ1v) is 12.1. The molecular weight excluding hydrogens is 400 g/mol. The molecule has 1 heterocycles. The van der Waals surface area contributed by atoms with Crippen molar-refractivity contribution >= 4 is 5.97 Å². The van der Waals surface area contributed by atoms with E-state index in [1.54, 1.807) is 0 Å². The number of phenols is 1. The molecule has 176 valence electrons. The molecule has 3 atom stereocenters. The highest BCUT2D eigenvalue weighted by Crippen LogP contribution is 2.47. The predicted octanol–water partition coefficient (Wildman–Crippen LogP) is 6.86. The summed E-state index contributed by atoms with van der Waals surface area (Å²) in [6.45, 7) is 15.3. The van der Waals surface area contributed by atoms with Gasteiger partial charge in [-0.25, -0.2) is 0 Å². The quantitative estimate of drug-likeness (QED) is 0.142. The Morgan fingerprint density at radius 1 is 1.31 bits per heavy atom. The van der Waals surface area contributed by atoms with Crippen LogP contribution < -0.4 is 4.74 Å². The first-order valence-electron chi connectivity index (χ1n) is 12.1. The van der Waals surface area contributed by atoms with Crippen molar-refractivity contribution in [3.8, 4) is 11.5 Å². The van der Waals surface area contributed by atoms with Crippen LogP contribution in [0.2, 0.25) is 0 Å². The van der Waals surface area contributed by atoms with Gasteiger partial charge in [-0.15, -0.1) is 0 Å². The Bertz CT molecular complexity index is 876. The monoisotopic (exact) mass is 440 g/mol. The molecule has 0 amide bonds. The molecule has 2 aliphatic rings. The predicted molar refractivity (Wildman–Crippen MR) is 129 cm³/mol. The molecule has 1 aromatic carbocycles. The number of hydrogen-bond acceptors (Lipinski definition) is 4. The fourth-order valence-corrected chi connectivity index (χ4v) is 4.86. The molecular formula is C28H40O4. The van der Waals surface area contributed by atoms with Gasteiger partial charge in [0.1, 0.15) is 11.5 Å². The van der Waals surface area contributed by atoms with E-state index in [4.69, 9.17) is 9.47 Å². The first kappa shape index (κ1) is 24.6. The Balaban J connectivity index is 1.96. The summed E-state index contributed by atoms with van der Waals surface area (Å²) in [6.07, 6.45) is 8.79. The number of epoxide rings is 1. The highest BCUT2D eigenvalue weighted by atomic mass is 16.6. The number of carbonyl (C=O) groups is 1. The van der Waals surface area contributed by atoms with Gasteiger partial charge < -0.3 is 14.6 Å². The van der Waals surface area contributed by atoms with Crippen LogP contribution in [0.5, 0.6) is 11.5 Å². The third-order valence-corrected chi connectivity index (χ3v) is 6.99. The Labute approximate surface area is 193 Å². The fraction of sp³-hybridized carbons (Fsp3) is 0.607. The van der Waals surface area contributed by atoms with E-state index >= 15 is 0 Å². The van der Waals surface area contributed by atoms with Crippen LogP contribution in [-0.2, 0) is 16.0 Å². The summed E-state index contributed by atoms with van der Waals surface area (Å²) in [7, 11) is 0. The minimum absolute atomic E-state index is 0.0477. The summed E-state index contributed by atoms with van der Waals surface area (Å²) in [5.74, 6) is 0.600. The van der Waals surface area contributed by atoms with Crippen molar-refractivity contribution in [2.24, 2.45) is 11.3 Å². The van der Waals surface area contributed by atoms with Gasteiger partial charge in [-0.1, -0.05) is 57.4 Å². The van der Waals surface area contributed by atoms with Crippen molar-refractivity contribution in [1.82, 2.24) is 0 Å². The highest BCUT2D eigenvalue weighted by molar-refractivity contribution is 5.74. The second kappa shape index (κ2) is 10.2. The molecule has 1 aliphatic carbocycles. The summed E-state index contributed by atoms with van der Waals surface area (Å²) in [5, 5.41) is 11.1. The van der Waals surface area contributed by atoms with Crippen LogP contribution in [0.4, 0.5) is 0 Å². The Morgan fingerprint density at radius 2 is 2.03 bits per heavy atom. The first-order chi connectivity index (χ1) is 15.1. The number of aromatic hydroxyl groups is 1. The SMILES string of the molecule is C=C(C)[C@@H]1CCC(C)=C[C@H]1c1c(O)cc(CCCCC)cc1OC(=O)CC(C)(C)C1CO1. The van der Waals surface area contributed by atoms with Gasteiger partial charge >= 0.3 is 5.97 Å². The van der Waals surface area contributed by atoms with E-state index in [1.807, 2.05) is 32.9 Å². The molecule has 1 aliphatic heterocycles. The minimum atomic E-state index is -0.278. The second-order valence-electron chi connectivity index (χ2n) is 10.5. The average Bonchev–Trinajstić information content (AvgIpc) is 3.53. The van der Waals surface area contributed by atoms with Crippen LogP contribution in [0.25, 0.3) is 0 Å². The number of carbonyl (C=O) groups excluding carboxylic acids is 1. The number of hydrogen-bond donors (Lipinski definition) is 1. The van der Waals surface area contributed by atoms with Crippen molar-refractivity contribution in [3.63, 3.8) is 0 Å². The molecule has 3 rings (SSSR count). The van der Waals surface area contributed by atoms with Crippen LogP contribution in [0.15, 0.2) is 35.9 Å². The van der Waals surface area contributed by atoms with Crippen LogP contribution in [0.3, 0.4) is 0 Å². The second-order valence-corrected chi connectivity index (χ2v) is 10.5. The van der Waals surface area contributed by atoms with Gasteiger partial charge in [0.05, 0.1) is 19.1 Å². The number of phenolic OH excluding ortho intramolecular Hbond substituents is 1. The summed E-state index contributed by atoms with van der Waals surface area (Å²) >= 11 is 0. The summed E-state index contributed by atoms with van der Waals surface area (Å²) < 4.78 is 11.4. The van der Waals surface area contributed by atoms with Crippen LogP contribution >= 0.6 is 0 Å². The zero-order valence-corrected chi connectivity index (χ0v) is 20.5. The van der Waals surface area contributed by atoms with Gasteiger partial charge in [0.2, 0.25) is 0 Å². The van der Waals surface area contributed by atoms with E-state index in [9.17, 15) is 9.90 Å². The molecule has 4 heteroatoms. The van der Waals surface area contributed by atoms with E-state index in [1.165, 1.54) is 5.57 Å². The standard InChI is InChI=1S/C28H40O4/c1-7-8-9-10-20-14-23(29)27(22-13-19(4)11-12-21(22)18(2)3)24(15-20)32-26(30)16-28(5,6)25-17-31-25/h13-15,21-22,25,29H,2,7-12,16-17H2,1,3-6H3/t21-,22+,25?/m0/s1. The molecule has 0 radical (unpaired) electrons. The molecule has 1 saturated heterocycles. The molecule has 1 fully saturated rings. The van der Waals surface area contributed by atoms with Gasteiger partial charge in [0, 0.05) is 16.9 Å². The Hall–Kier alpha value is -2.07. The van der Waals surface area contributed by atoms with Crippen LogP contribution in [0, 0.1) is 11.3 Å². The lowest BCUT2D eigenvalue weighted by molar-refractivity contribution is -0.137. The number of esters is 1. The summed E-state index contributed by atoms with van der Waals surface area (Å²) in [5.41, 5.74) is 3.85. The average molecular weight is 441 g/mol. The number of ether oxygens (including phenoxy) is 2. The lowest BCUT2D eigenvalue weighted by atomic mass is 9.73. The molecule has 4 nitrogen and oxygen atoms in total. The van der Waals surface area contributed by atoms with E-state index in [0.717, 1.165) is 49.7 Å². The molecule has 0 aromatic heterocycles. The van der Waals surface area contributed by atoms with E-state index in [-0.39, 0.29) is 41.5 Å². The molecule has 0 spiro atoms. The van der Waals surface area contributed by atoms with Crippen molar-refractivity contribution < 1.29 is 19.4 Å². The van der Waals surface area contributed by atoms with E-state index in [0.29, 0.717) is 17.9 Å². The molecule has 32 heavy (non-hydrogen) atoms. The molecule has 0 bridgehead atoms. The zero-order valence-electron chi connectivity index (χ0n) is 20.5. The van der Waals surface area contributed by atoms with Crippen molar-refractivity contribution in [2.45, 2.75) is 91.6 Å². The maximum absolute atomic E-state index is 13.0. The lowest BCUT2D eigenvalue weighted by Gasteiger charge is -2.32. The summed E-state index contributed by atoms with van der Waals surface area (Å²) in [4.78, 5) is 13.0. The number of unbranched alkanes of at least 4 members (excludes halogenated alkanes) is 2. The maximum Gasteiger partial charge on any atom is 0.311 e. The zero-order chi connectivity index (χ0) is 23.5. The Morgan fingerprint density at radius 3 is 2.66 bits per heavy atom. The summed E-state index contributed by atoms with van der Waals surface area (Å²) in [6, 6.07) is 3.83. The highest BCUT2D eigenvalue weighted by Gasteiger charge is 2.41. The normalized spacial score (nSPS) is 22.9. The topological polar surface area (TPSA) is 59.1 Å². The van der Waals surface area contributed by atoms with Crippen molar-refractivity contribution in [1.29, 1.82) is 0 Å². The molecule has 1 aromatic rings.